The summed E-state index contributed by atoms with van der Waals surface area (Å²) in [6, 6.07) is 1.97. The Kier molecular flexibility index (Phi) is 3.87. The topological polar surface area (TPSA) is 123 Å². The molecule has 0 aliphatic carbocycles. The number of rotatable bonds is 3. The molecule has 0 spiro atoms. The molecule has 0 fully saturated rings. The van der Waals surface area contributed by atoms with Crippen LogP contribution in [0.2, 0.25) is 5.15 Å². The second-order valence-corrected chi connectivity index (χ2v) is 5.77. The van der Waals surface area contributed by atoms with Gasteiger partial charge in [0.25, 0.3) is 0 Å². The highest BCUT2D eigenvalue weighted by atomic mass is 35.5. The van der Waals surface area contributed by atoms with Crippen molar-refractivity contribution in [2.75, 3.05) is 5.73 Å². The normalized spacial score (nSPS) is 11.2. The van der Waals surface area contributed by atoms with Gasteiger partial charge >= 0.3 is 0 Å². The van der Waals surface area contributed by atoms with Crippen molar-refractivity contribution >= 4 is 28.3 Å². The zero-order valence-corrected chi connectivity index (χ0v) is 13.6. The van der Waals surface area contributed by atoms with Gasteiger partial charge in [-0.25, -0.2) is 24.9 Å². The third-order valence-corrected chi connectivity index (χ3v) is 3.57. The van der Waals surface area contributed by atoms with Gasteiger partial charge in [-0.05, 0) is 13.8 Å². The smallest absolute Gasteiger partial charge is 0.171 e. The summed E-state index contributed by atoms with van der Waals surface area (Å²) in [5, 5.41) is 9.51. The summed E-state index contributed by atoms with van der Waals surface area (Å²) in [6.45, 7) is 3.57. The maximum atomic E-state index is 8.83. The molecule has 2 N–H and O–H groups in total. The van der Waals surface area contributed by atoms with Crippen molar-refractivity contribution in [1.82, 2.24) is 24.9 Å². The highest BCUT2D eigenvalue weighted by Gasteiger charge is 2.28. The lowest BCUT2D eigenvalue weighted by Crippen LogP contribution is -2.28. The molecule has 3 aromatic heterocycles. The second-order valence-electron chi connectivity index (χ2n) is 5.42. The average Bonchev–Trinajstić information content (AvgIpc) is 2.57. The fourth-order valence-electron chi connectivity index (χ4n) is 2.13. The van der Waals surface area contributed by atoms with Crippen LogP contribution in [0, 0.1) is 11.3 Å². The van der Waals surface area contributed by atoms with E-state index < -0.39 is 5.60 Å². The minimum atomic E-state index is -0.904. The number of pyridine rings is 1. The molecule has 3 rings (SSSR count). The summed E-state index contributed by atoms with van der Waals surface area (Å²) >= 11 is 6.05. The highest BCUT2D eigenvalue weighted by Crippen LogP contribution is 2.35. The number of halogens is 1. The van der Waals surface area contributed by atoms with Crippen LogP contribution in [0.3, 0.4) is 0 Å². The van der Waals surface area contributed by atoms with Crippen LogP contribution >= 0.6 is 11.6 Å². The van der Waals surface area contributed by atoms with E-state index in [0.717, 1.165) is 0 Å². The fraction of sp³-hybridized carbons (Fsp3) is 0.200. The summed E-state index contributed by atoms with van der Waals surface area (Å²) < 4.78 is 6.02. The minimum Gasteiger partial charge on any atom is -0.477 e. The molecule has 8 nitrogen and oxygen atoms in total. The van der Waals surface area contributed by atoms with Crippen molar-refractivity contribution in [2.45, 2.75) is 19.4 Å². The van der Waals surface area contributed by atoms with Gasteiger partial charge in [-0.3, -0.25) is 0 Å². The van der Waals surface area contributed by atoms with Crippen molar-refractivity contribution in [3.63, 3.8) is 0 Å². The van der Waals surface area contributed by atoms with Gasteiger partial charge in [0.2, 0.25) is 0 Å². The standard InChI is InChI=1S/C15H12ClN7O/c1-15(2,14-20-4-8(3-17)5-21-14)24-9-6-19-12(16)11-10(9)13(18)23-7-22-11/h4-7H,1-2H3,(H2,18,22,23). The Labute approximate surface area is 142 Å². The molecule has 3 heterocycles. The largest absolute Gasteiger partial charge is 0.477 e. The van der Waals surface area contributed by atoms with E-state index in [1.165, 1.54) is 24.9 Å². The summed E-state index contributed by atoms with van der Waals surface area (Å²) in [5.41, 5.74) is 5.80. The van der Waals surface area contributed by atoms with Gasteiger partial charge in [0.05, 0.1) is 17.1 Å². The van der Waals surface area contributed by atoms with Gasteiger partial charge in [-0.2, -0.15) is 5.26 Å². The van der Waals surface area contributed by atoms with Crippen LogP contribution in [-0.2, 0) is 5.60 Å². The number of aromatic nitrogens is 5. The molecule has 0 amide bonds. The lowest BCUT2D eigenvalue weighted by Gasteiger charge is -2.25. The fourth-order valence-corrected chi connectivity index (χ4v) is 2.33. The van der Waals surface area contributed by atoms with E-state index in [9.17, 15) is 0 Å². The third-order valence-electron chi connectivity index (χ3n) is 3.30. The summed E-state index contributed by atoms with van der Waals surface area (Å²) in [4.78, 5) is 20.5. The molecule has 0 unspecified atom stereocenters. The summed E-state index contributed by atoms with van der Waals surface area (Å²) in [7, 11) is 0. The van der Waals surface area contributed by atoms with Gasteiger partial charge in [-0.1, -0.05) is 11.6 Å². The van der Waals surface area contributed by atoms with E-state index in [1.807, 2.05) is 6.07 Å². The first-order chi connectivity index (χ1) is 11.4. The number of ether oxygens (including phenoxy) is 1. The molecule has 0 radical (unpaired) electrons. The van der Waals surface area contributed by atoms with E-state index in [4.69, 9.17) is 27.3 Å². The number of hydrogen-bond donors (Lipinski definition) is 1. The van der Waals surface area contributed by atoms with E-state index in [1.54, 1.807) is 13.8 Å². The SMILES string of the molecule is CC(C)(Oc1cnc(Cl)c2ncnc(N)c12)c1ncc(C#N)cn1. The van der Waals surface area contributed by atoms with E-state index in [2.05, 4.69) is 24.9 Å². The molecule has 24 heavy (non-hydrogen) atoms. The Balaban J connectivity index is 2.05. The summed E-state index contributed by atoms with van der Waals surface area (Å²) in [5.74, 6) is 1.00. The number of nitrogens with zero attached hydrogens (tertiary/aromatic N) is 6. The van der Waals surface area contributed by atoms with Crippen LogP contribution in [-0.4, -0.2) is 24.9 Å². The molecule has 0 bridgehead atoms. The van der Waals surface area contributed by atoms with Crippen molar-refractivity contribution in [3.05, 3.63) is 41.5 Å². The van der Waals surface area contributed by atoms with Crippen LogP contribution in [0.5, 0.6) is 5.75 Å². The predicted octanol–water partition coefficient (Wildman–Crippen LogP) is 2.24. The minimum absolute atomic E-state index is 0.207. The van der Waals surface area contributed by atoms with Gasteiger partial charge in [-0.15, -0.1) is 0 Å². The molecular formula is C15H12ClN7O. The Morgan fingerprint density at radius 2 is 1.83 bits per heavy atom. The number of hydrogen-bond acceptors (Lipinski definition) is 8. The number of nitrogen functional groups attached to an aromatic ring is 1. The average molecular weight is 342 g/mol. The van der Waals surface area contributed by atoms with Gasteiger partial charge < -0.3 is 10.5 Å². The van der Waals surface area contributed by atoms with E-state index in [0.29, 0.717) is 28.0 Å². The van der Waals surface area contributed by atoms with Crippen molar-refractivity contribution in [1.29, 1.82) is 5.26 Å². The number of anilines is 1. The van der Waals surface area contributed by atoms with Crippen LogP contribution in [0.1, 0.15) is 25.2 Å². The second kappa shape index (κ2) is 5.86. The number of nitrogens with two attached hydrogens (primary N) is 1. The lowest BCUT2D eigenvalue weighted by molar-refractivity contribution is 0.1000. The van der Waals surface area contributed by atoms with E-state index in [-0.39, 0.29) is 11.0 Å². The quantitative estimate of drug-likeness (QED) is 0.719. The number of fused-ring (bicyclic) bond motifs is 1. The van der Waals surface area contributed by atoms with Crippen LogP contribution in [0.4, 0.5) is 5.82 Å². The highest BCUT2D eigenvalue weighted by molar-refractivity contribution is 6.34. The molecular weight excluding hydrogens is 330 g/mol. The lowest BCUT2D eigenvalue weighted by atomic mass is 10.1. The van der Waals surface area contributed by atoms with E-state index >= 15 is 0 Å². The van der Waals surface area contributed by atoms with Gasteiger partial charge in [0.15, 0.2) is 22.3 Å². The monoisotopic (exact) mass is 341 g/mol. The summed E-state index contributed by atoms with van der Waals surface area (Å²) in [6.07, 6.45) is 5.63. The molecule has 0 aromatic carbocycles. The molecule has 120 valence electrons. The van der Waals surface area contributed by atoms with Crippen LogP contribution in [0.15, 0.2) is 24.9 Å². The first-order valence-electron chi connectivity index (χ1n) is 6.88. The Morgan fingerprint density at radius 3 is 2.50 bits per heavy atom. The Hall–Kier alpha value is -3.05. The molecule has 0 atom stereocenters. The molecule has 0 aliphatic rings. The van der Waals surface area contributed by atoms with Crippen molar-refractivity contribution in [3.8, 4) is 11.8 Å². The Bertz CT molecular complexity index is 950. The maximum absolute atomic E-state index is 8.83. The molecule has 0 saturated heterocycles. The molecule has 9 heteroatoms. The maximum Gasteiger partial charge on any atom is 0.171 e. The third kappa shape index (κ3) is 2.77. The van der Waals surface area contributed by atoms with Crippen molar-refractivity contribution < 1.29 is 4.74 Å². The zero-order chi connectivity index (χ0) is 17.3. The molecule has 0 saturated carbocycles. The van der Waals surface area contributed by atoms with Crippen molar-refractivity contribution in [2.24, 2.45) is 0 Å². The van der Waals surface area contributed by atoms with Crippen LogP contribution in [0.25, 0.3) is 10.9 Å². The molecule has 0 aliphatic heterocycles. The Morgan fingerprint density at radius 1 is 1.12 bits per heavy atom. The predicted molar refractivity (Wildman–Crippen MR) is 87.2 cm³/mol. The molecule has 3 aromatic rings. The van der Waals surface area contributed by atoms with Gasteiger partial charge in [0, 0.05) is 12.4 Å². The van der Waals surface area contributed by atoms with Gasteiger partial charge in [0.1, 0.15) is 23.7 Å². The van der Waals surface area contributed by atoms with Crippen LogP contribution < -0.4 is 10.5 Å². The zero-order valence-electron chi connectivity index (χ0n) is 12.9. The first-order valence-corrected chi connectivity index (χ1v) is 7.26. The first kappa shape index (κ1) is 15.8. The number of nitriles is 1.